The van der Waals surface area contributed by atoms with Crippen LogP contribution >= 0.6 is 0 Å². The third-order valence-corrected chi connectivity index (χ3v) is 4.72. The van der Waals surface area contributed by atoms with Crippen molar-refractivity contribution >= 4 is 21.7 Å². The van der Waals surface area contributed by atoms with Gasteiger partial charge in [-0.05, 0) is 49.4 Å². The van der Waals surface area contributed by atoms with E-state index in [1.54, 1.807) is 7.11 Å². The molecule has 120 valence electrons. The minimum absolute atomic E-state index is 0.883. The first kappa shape index (κ1) is 14.8. The van der Waals surface area contributed by atoms with Crippen LogP contribution in [0.3, 0.4) is 0 Å². The molecule has 0 spiro atoms. The van der Waals surface area contributed by atoms with E-state index in [1.165, 1.54) is 16.2 Å². The lowest BCUT2D eigenvalue weighted by Crippen LogP contribution is -2.04. The monoisotopic (exact) mass is 316 g/mol. The number of aryl methyl sites for hydroxylation is 3. The van der Waals surface area contributed by atoms with Gasteiger partial charge >= 0.3 is 0 Å². The predicted molar refractivity (Wildman–Crippen MR) is 99.3 cm³/mol. The number of aromatic nitrogens is 2. The third kappa shape index (κ3) is 2.08. The summed E-state index contributed by atoms with van der Waals surface area (Å²) in [5, 5.41) is 8.58. The minimum atomic E-state index is 0.883. The van der Waals surface area contributed by atoms with Crippen LogP contribution in [0.25, 0.3) is 27.4 Å². The molecule has 0 amide bonds. The summed E-state index contributed by atoms with van der Waals surface area (Å²) in [6, 6.07) is 16.9. The van der Waals surface area contributed by atoms with Gasteiger partial charge in [0.15, 0.2) is 0 Å². The fourth-order valence-corrected chi connectivity index (χ4v) is 3.53. The molecule has 1 aromatic heterocycles. The van der Waals surface area contributed by atoms with Crippen LogP contribution in [-0.4, -0.2) is 16.9 Å². The molecular weight excluding hydrogens is 296 g/mol. The molecule has 0 aliphatic rings. The maximum absolute atomic E-state index is 5.38. The summed E-state index contributed by atoms with van der Waals surface area (Å²) in [6.45, 7) is 6.34. The molecule has 0 aliphatic heterocycles. The Morgan fingerprint density at radius 1 is 0.875 bits per heavy atom. The molecule has 24 heavy (non-hydrogen) atoms. The maximum atomic E-state index is 5.38. The Morgan fingerprint density at radius 2 is 1.58 bits per heavy atom. The summed E-state index contributed by atoms with van der Waals surface area (Å²) in [6.07, 6.45) is 0. The SMILES string of the molecule is COc1cc(C)c(-n2nc3c(ccc4ccccc43)c2C)c(C)c1. The Kier molecular flexibility index (Phi) is 3.31. The molecule has 0 radical (unpaired) electrons. The van der Waals surface area contributed by atoms with Gasteiger partial charge in [-0.3, -0.25) is 0 Å². The zero-order chi connectivity index (χ0) is 16.8. The molecule has 0 bridgehead atoms. The summed E-state index contributed by atoms with van der Waals surface area (Å²) >= 11 is 0. The van der Waals surface area contributed by atoms with E-state index in [9.17, 15) is 0 Å². The van der Waals surface area contributed by atoms with Crippen molar-refractivity contribution in [2.45, 2.75) is 20.8 Å². The van der Waals surface area contributed by atoms with Crippen molar-refractivity contribution < 1.29 is 4.74 Å². The van der Waals surface area contributed by atoms with Crippen molar-refractivity contribution in [3.05, 3.63) is 65.4 Å². The van der Waals surface area contributed by atoms with Gasteiger partial charge in [0, 0.05) is 16.5 Å². The fourth-order valence-electron chi connectivity index (χ4n) is 3.53. The van der Waals surface area contributed by atoms with Gasteiger partial charge in [-0.2, -0.15) is 5.10 Å². The average Bonchev–Trinajstić information content (AvgIpc) is 2.91. The summed E-state index contributed by atoms with van der Waals surface area (Å²) in [5.41, 5.74) is 5.67. The molecule has 1 heterocycles. The molecule has 4 aromatic rings. The van der Waals surface area contributed by atoms with Gasteiger partial charge in [0.2, 0.25) is 0 Å². The van der Waals surface area contributed by atoms with Crippen LogP contribution in [0, 0.1) is 20.8 Å². The second-order valence-corrected chi connectivity index (χ2v) is 6.29. The first-order valence-electron chi connectivity index (χ1n) is 8.13. The van der Waals surface area contributed by atoms with E-state index in [0.717, 1.165) is 33.8 Å². The van der Waals surface area contributed by atoms with Crippen LogP contribution < -0.4 is 4.74 Å². The Labute approximate surface area is 141 Å². The van der Waals surface area contributed by atoms with Crippen LogP contribution in [0.15, 0.2) is 48.5 Å². The molecule has 0 saturated heterocycles. The standard InChI is InChI=1S/C21H20N2O/c1-13-11-17(24-4)12-14(2)21(13)23-15(3)18-10-9-16-7-5-6-8-19(16)20(18)22-23/h5-12H,1-4H3. The van der Waals surface area contributed by atoms with Gasteiger partial charge < -0.3 is 4.74 Å². The first-order valence-corrected chi connectivity index (χ1v) is 8.13. The number of hydrogen-bond acceptors (Lipinski definition) is 2. The molecular formula is C21H20N2O. The van der Waals surface area contributed by atoms with Gasteiger partial charge in [0.1, 0.15) is 11.3 Å². The van der Waals surface area contributed by atoms with E-state index >= 15 is 0 Å². The number of hydrogen-bond donors (Lipinski definition) is 0. The van der Waals surface area contributed by atoms with E-state index < -0.39 is 0 Å². The van der Waals surface area contributed by atoms with Crippen LogP contribution in [0.4, 0.5) is 0 Å². The lowest BCUT2D eigenvalue weighted by Gasteiger charge is -2.13. The Balaban J connectivity index is 2.05. The highest BCUT2D eigenvalue weighted by molar-refractivity contribution is 6.06. The maximum Gasteiger partial charge on any atom is 0.119 e. The van der Waals surface area contributed by atoms with Gasteiger partial charge in [-0.25, -0.2) is 4.68 Å². The molecule has 3 nitrogen and oxygen atoms in total. The van der Waals surface area contributed by atoms with E-state index in [0.29, 0.717) is 0 Å². The smallest absolute Gasteiger partial charge is 0.119 e. The van der Waals surface area contributed by atoms with E-state index in [4.69, 9.17) is 9.84 Å². The van der Waals surface area contributed by atoms with E-state index in [1.807, 2.05) is 0 Å². The summed E-state index contributed by atoms with van der Waals surface area (Å²) in [5.74, 6) is 0.883. The number of ether oxygens (including phenoxy) is 1. The quantitative estimate of drug-likeness (QED) is 0.513. The second-order valence-electron chi connectivity index (χ2n) is 6.29. The highest BCUT2D eigenvalue weighted by atomic mass is 16.5. The molecule has 0 saturated carbocycles. The number of rotatable bonds is 2. The van der Waals surface area contributed by atoms with Crippen molar-refractivity contribution in [2.75, 3.05) is 7.11 Å². The summed E-state index contributed by atoms with van der Waals surface area (Å²) in [7, 11) is 1.70. The molecule has 0 atom stereocenters. The Hall–Kier alpha value is -2.81. The van der Waals surface area contributed by atoms with Crippen LogP contribution in [0.2, 0.25) is 0 Å². The topological polar surface area (TPSA) is 27.1 Å². The van der Waals surface area contributed by atoms with Crippen molar-refractivity contribution in [3.8, 4) is 11.4 Å². The normalized spacial score (nSPS) is 11.3. The number of benzene rings is 3. The van der Waals surface area contributed by atoms with Gasteiger partial charge in [0.05, 0.1) is 12.8 Å². The summed E-state index contributed by atoms with van der Waals surface area (Å²) < 4.78 is 7.45. The zero-order valence-electron chi connectivity index (χ0n) is 14.4. The van der Waals surface area contributed by atoms with Crippen LogP contribution in [0.1, 0.15) is 16.8 Å². The van der Waals surface area contributed by atoms with Crippen LogP contribution in [-0.2, 0) is 0 Å². The Bertz CT molecular complexity index is 1050. The molecule has 0 aliphatic carbocycles. The molecule has 0 N–H and O–H groups in total. The average molecular weight is 316 g/mol. The molecule has 0 fully saturated rings. The van der Waals surface area contributed by atoms with Crippen LogP contribution in [0.5, 0.6) is 5.75 Å². The summed E-state index contributed by atoms with van der Waals surface area (Å²) in [4.78, 5) is 0. The van der Waals surface area contributed by atoms with Crippen molar-refractivity contribution in [1.82, 2.24) is 9.78 Å². The molecule has 3 aromatic carbocycles. The molecule has 0 unspecified atom stereocenters. The van der Waals surface area contributed by atoms with Gasteiger partial charge in [-0.1, -0.05) is 36.4 Å². The first-order chi connectivity index (χ1) is 11.6. The van der Waals surface area contributed by atoms with Crippen molar-refractivity contribution in [3.63, 3.8) is 0 Å². The lowest BCUT2D eigenvalue weighted by atomic mass is 10.1. The van der Waals surface area contributed by atoms with E-state index in [2.05, 4.69) is 74.0 Å². The largest absolute Gasteiger partial charge is 0.497 e. The molecule has 3 heteroatoms. The van der Waals surface area contributed by atoms with E-state index in [-0.39, 0.29) is 0 Å². The van der Waals surface area contributed by atoms with Crippen molar-refractivity contribution in [1.29, 1.82) is 0 Å². The predicted octanol–water partition coefficient (Wildman–Crippen LogP) is 5.11. The van der Waals surface area contributed by atoms with Gasteiger partial charge in [0.25, 0.3) is 0 Å². The number of fused-ring (bicyclic) bond motifs is 3. The lowest BCUT2D eigenvalue weighted by molar-refractivity contribution is 0.414. The zero-order valence-corrected chi connectivity index (χ0v) is 14.4. The van der Waals surface area contributed by atoms with Crippen molar-refractivity contribution in [2.24, 2.45) is 0 Å². The highest BCUT2D eigenvalue weighted by Crippen LogP contribution is 2.31. The Morgan fingerprint density at radius 3 is 2.29 bits per heavy atom. The molecule has 4 rings (SSSR count). The fraction of sp³-hybridized carbons (Fsp3) is 0.190. The number of nitrogens with zero attached hydrogens (tertiary/aromatic N) is 2. The highest BCUT2D eigenvalue weighted by Gasteiger charge is 2.15. The van der Waals surface area contributed by atoms with Gasteiger partial charge in [-0.15, -0.1) is 0 Å². The second kappa shape index (κ2) is 5.38. The number of methoxy groups -OCH3 is 1. The minimum Gasteiger partial charge on any atom is -0.497 e. The third-order valence-electron chi connectivity index (χ3n) is 4.72.